The van der Waals surface area contributed by atoms with Gasteiger partial charge in [-0.15, -0.1) is 13.0 Å². The zero-order valence-corrected chi connectivity index (χ0v) is 9.89. The Morgan fingerprint density at radius 3 is 2.73 bits per heavy atom. The number of rotatable bonds is 1. The topological polar surface area (TPSA) is 17.8 Å². The number of aryl methyl sites for hydroxylation is 1. The van der Waals surface area contributed by atoms with Gasteiger partial charge in [0.15, 0.2) is 0 Å². The first kappa shape index (κ1) is 11.1. The Labute approximate surface area is 92.6 Å². The van der Waals surface area contributed by atoms with E-state index < -0.39 is 0 Å². The zero-order valence-electron chi connectivity index (χ0n) is 7.05. The smallest absolute Gasteiger partial charge is 0 e. The van der Waals surface area contributed by atoms with E-state index in [0.717, 1.165) is 11.4 Å². The van der Waals surface area contributed by atoms with Crippen molar-refractivity contribution < 1.29 is 32.7 Å². The SMILES string of the molecule is C[C-]=C(C)n1[c-]cc(C)n1.[Y]. The molecule has 0 saturated heterocycles. The van der Waals surface area contributed by atoms with Gasteiger partial charge >= 0.3 is 0 Å². The second-order valence-corrected chi connectivity index (χ2v) is 2.16. The molecule has 0 fully saturated rings. The molecule has 1 heterocycles. The average molecular weight is 223 g/mol. The summed E-state index contributed by atoms with van der Waals surface area (Å²) in [5.74, 6) is 0. The number of hydrogen-bond acceptors (Lipinski definition) is 1. The molecule has 11 heavy (non-hydrogen) atoms. The quantitative estimate of drug-likeness (QED) is 0.662. The molecule has 0 amide bonds. The first-order chi connectivity index (χ1) is 4.74. The van der Waals surface area contributed by atoms with Gasteiger partial charge in [-0.05, 0) is 5.69 Å². The van der Waals surface area contributed by atoms with Gasteiger partial charge in [-0.25, -0.2) is 12.6 Å². The van der Waals surface area contributed by atoms with Crippen LogP contribution in [0.3, 0.4) is 0 Å². The Morgan fingerprint density at radius 1 is 1.73 bits per heavy atom. The molecule has 0 bridgehead atoms. The van der Waals surface area contributed by atoms with Crippen molar-refractivity contribution in [3.63, 3.8) is 0 Å². The molecule has 1 radical (unpaired) electrons. The van der Waals surface area contributed by atoms with Crippen LogP contribution in [0.5, 0.6) is 0 Å². The Bertz CT molecular complexity index is 250. The van der Waals surface area contributed by atoms with E-state index in [0.29, 0.717) is 0 Å². The van der Waals surface area contributed by atoms with Crippen molar-refractivity contribution in [3.8, 4) is 0 Å². The molecule has 3 heteroatoms. The van der Waals surface area contributed by atoms with E-state index in [2.05, 4.69) is 17.4 Å². The molecule has 2 nitrogen and oxygen atoms in total. The van der Waals surface area contributed by atoms with Crippen molar-refractivity contribution in [3.05, 3.63) is 24.0 Å². The summed E-state index contributed by atoms with van der Waals surface area (Å²) in [5, 5.41) is 4.14. The molecule has 0 aliphatic heterocycles. The summed E-state index contributed by atoms with van der Waals surface area (Å²) >= 11 is 0. The molecule has 0 atom stereocenters. The van der Waals surface area contributed by atoms with E-state index in [1.807, 2.05) is 26.8 Å². The number of hydrogen-bond donors (Lipinski definition) is 0. The largest absolute Gasteiger partial charge is 0.549 e. The predicted molar refractivity (Wildman–Crippen MR) is 40.1 cm³/mol. The Morgan fingerprint density at radius 2 is 2.36 bits per heavy atom. The molecule has 0 aliphatic carbocycles. The van der Waals surface area contributed by atoms with Gasteiger partial charge in [-0.3, -0.25) is 5.10 Å². The van der Waals surface area contributed by atoms with Gasteiger partial charge in [-0.2, -0.15) is 0 Å². The third-order valence-corrected chi connectivity index (χ3v) is 1.33. The van der Waals surface area contributed by atoms with Gasteiger partial charge < -0.3 is 10.8 Å². The summed E-state index contributed by atoms with van der Waals surface area (Å²) in [6.45, 7) is 5.75. The molecule has 0 aliphatic rings. The van der Waals surface area contributed by atoms with Gasteiger partial charge in [0.2, 0.25) is 0 Å². The average Bonchev–Trinajstić information content (AvgIpc) is 2.34. The van der Waals surface area contributed by atoms with Crippen LogP contribution in [-0.4, -0.2) is 9.78 Å². The van der Waals surface area contributed by atoms with E-state index in [9.17, 15) is 0 Å². The van der Waals surface area contributed by atoms with Crippen molar-refractivity contribution in [1.82, 2.24) is 9.78 Å². The van der Waals surface area contributed by atoms with Crippen LogP contribution in [0.4, 0.5) is 0 Å². The molecule has 1 aromatic rings. The number of nitrogens with zero attached hydrogens (tertiary/aromatic N) is 2. The molecule has 57 valence electrons. The maximum atomic E-state index is 4.14. The summed E-state index contributed by atoms with van der Waals surface area (Å²) in [6.07, 6.45) is 5.94. The van der Waals surface area contributed by atoms with E-state index in [1.54, 1.807) is 4.68 Å². The monoisotopic (exact) mass is 223 g/mol. The Balaban J connectivity index is 0.000001000. The zero-order chi connectivity index (χ0) is 7.56. The normalized spacial score (nSPS) is 11.0. The van der Waals surface area contributed by atoms with Crippen LogP contribution < -0.4 is 0 Å². The van der Waals surface area contributed by atoms with Gasteiger partial charge in [0.05, 0.1) is 0 Å². The van der Waals surface area contributed by atoms with Crippen molar-refractivity contribution in [2.24, 2.45) is 0 Å². The van der Waals surface area contributed by atoms with Crippen LogP contribution in [0.25, 0.3) is 5.70 Å². The fourth-order valence-electron chi connectivity index (χ4n) is 0.648. The fraction of sp³-hybridized carbons (Fsp3) is 0.375. The molecule has 0 aromatic carbocycles. The van der Waals surface area contributed by atoms with Crippen LogP contribution >= 0.6 is 0 Å². The molecule has 1 aromatic heterocycles. The van der Waals surface area contributed by atoms with E-state index in [1.165, 1.54) is 0 Å². The van der Waals surface area contributed by atoms with Crippen LogP contribution in [0, 0.1) is 19.2 Å². The maximum Gasteiger partial charge on any atom is 0 e. The molecule has 0 unspecified atom stereocenters. The van der Waals surface area contributed by atoms with Gasteiger partial charge in [-0.1, -0.05) is 13.1 Å². The molecule has 1 rings (SSSR count). The molecule has 0 saturated carbocycles. The van der Waals surface area contributed by atoms with Crippen LogP contribution in [0.2, 0.25) is 0 Å². The molecule has 0 N–H and O–H groups in total. The Kier molecular flexibility index (Phi) is 4.86. The first-order valence-corrected chi connectivity index (χ1v) is 3.20. The van der Waals surface area contributed by atoms with Crippen molar-refractivity contribution in [1.29, 1.82) is 0 Å². The minimum absolute atomic E-state index is 0. The van der Waals surface area contributed by atoms with Gasteiger partial charge in [0.25, 0.3) is 0 Å². The van der Waals surface area contributed by atoms with Gasteiger partial charge in [0, 0.05) is 32.7 Å². The summed E-state index contributed by atoms with van der Waals surface area (Å²) in [5.41, 5.74) is 1.96. The van der Waals surface area contributed by atoms with E-state index in [-0.39, 0.29) is 32.7 Å². The summed E-state index contributed by atoms with van der Waals surface area (Å²) in [4.78, 5) is 0. The van der Waals surface area contributed by atoms with Crippen molar-refractivity contribution in [2.75, 3.05) is 0 Å². The standard InChI is InChI=1S/C8H10N2.Y/c1-4-8(3)10-6-5-7(2)9-10;/h5H,1-3H3;/q-2;. The maximum absolute atomic E-state index is 4.14. The number of aromatic nitrogens is 2. The first-order valence-electron chi connectivity index (χ1n) is 3.20. The van der Waals surface area contributed by atoms with Gasteiger partial charge in [0.1, 0.15) is 0 Å². The van der Waals surface area contributed by atoms with Crippen LogP contribution in [0.15, 0.2) is 6.07 Å². The predicted octanol–water partition coefficient (Wildman–Crippen LogP) is 1.67. The fourth-order valence-corrected chi connectivity index (χ4v) is 0.648. The molecular weight excluding hydrogens is 213 g/mol. The summed E-state index contributed by atoms with van der Waals surface area (Å²) in [7, 11) is 0. The minimum Gasteiger partial charge on any atom is -0.549 e. The molecule has 0 spiro atoms. The van der Waals surface area contributed by atoms with E-state index >= 15 is 0 Å². The van der Waals surface area contributed by atoms with E-state index in [4.69, 9.17) is 0 Å². The van der Waals surface area contributed by atoms with Crippen LogP contribution in [-0.2, 0) is 32.7 Å². The second kappa shape index (κ2) is 4.84. The third-order valence-electron chi connectivity index (χ3n) is 1.33. The van der Waals surface area contributed by atoms with Crippen LogP contribution in [0.1, 0.15) is 19.5 Å². The number of allylic oxidation sites excluding steroid dienone is 2. The van der Waals surface area contributed by atoms with Crippen molar-refractivity contribution in [2.45, 2.75) is 20.8 Å². The van der Waals surface area contributed by atoms with Crippen molar-refractivity contribution >= 4 is 5.70 Å². The summed E-state index contributed by atoms with van der Waals surface area (Å²) in [6, 6.07) is 1.85. The molecular formula is C8H10N2Y-2. The second-order valence-electron chi connectivity index (χ2n) is 2.16. The third kappa shape index (κ3) is 2.88. The minimum atomic E-state index is 0. The summed E-state index contributed by atoms with van der Waals surface area (Å²) < 4.78 is 1.69. The Hall–Kier alpha value is 0.0539.